The molecule has 0 unspecified atom stereocenters. The Hall–Kier alpha value is -1.57. The number of fused-ring (bicyclic) bond motifs is 3. The third-order valence-corrected chi connectivity index (χ3v) is 3.27. The smallest absolute Gasteiger partial charge is 0.179 e. The SMILES string of the molecule is Cc1c2n(c3ccccc13)CCCC2=O. The minimum atomic E-state index is 0.301. The van der Waals surface area contributed by atoms with Crippen molar-refractivity contribution >= 4 is 16.7 Å². The summed E-state index contributed by atoms with van der Waals surface area (Å²) in [6, 6.07) is 8.27. The van der Waals surface area contributed by atoms with Crippen molar-refractivity contribution in [3.63, 3.8) is 0 Å². The number of aromatic nitrogens is 1. The first-order chi connectivity index (χ1) is 7.29. The van der Waals surface area contributed by atoms with Gasteiger partial charge in [0, 0.05) is 23.9 Å². The number of aryl methyl sites for hydroxylation is 2. The lowest BCUT2D eigenvalue weighted by Crippen LogP contribution is -2.16. The summed E-state index contributed by atoms with van der Waals surface area (Å²) in [5.74, 6) is 0.301. The monoisotopic (exact) mass is 199 g/mol. The van der Waals surface area contributed by atoms with Crippen molar-refractivity contribution in [2.75, 3.05) is 0 Å². The van der Waals surface area contributed by atoms with E-state index in [1.165, 1.54) is 10.9 Å². The van der Waals surface area contributed by atoms with Crippen molar-refractivity contribution in [1.29, 1.82) is 0 Å². The van der Waals surface area contributed by atoms with E-state index in [2.05, 4.69) is 23.6 Å². The highest BCUT2D eigenvalue weighted by molar-refractivity contribution is 6.03. The fourth-order valence-corrected chi connectivity index (χ4v) is 2.58. The number of nitrogens with zero attached hydrogens (tertiary/aromatic N) is 1. The molecule has 0 amide bonds. The summed E-state index contributed by atoms with van der Waals surface area (Å²) >= 11 is 0. The first-order valence-corrected chi connectivity index (χ1v) is 5.40. The van der Waals surface area contributed by atoms with E-state index in [1.54, 1.807) is 0 Å². The fourth-order valence-electron chi connectivity index (χ4n) is 2.58. The van der Waals surface area contributed by atoms with E-state index in [0.29, 0.717) is 12.2 Å². The van der Waals surface area contributed by atoms with E-state index in [-0.39, 0.29) is 0 Å². The molecule has 1 aliphatic heterocycles. The second-order valence-corrected chi connectivity index (χ2v) is 4.17. The molecule has 1 aliphatic rings. The van der Waals surface area contributed by atoms with Crippen LogP contribution in [0.5, 0.6) is 0 Å². The van der Waals surface area contributed by atoms with Crippen LogP contribution in [0, 0.1) is 6.92 Å². The van der Waals surface area contributed by atoms with Gasteiger partial charge in [0.15, 0.2) is 5.78 Å². The average Bonchev–Trinajstić information content (AvgIpc) is 2.55. The average molecular weight is 199 g/mol. The molecule has 3 rings (SSSR count). The maximum Gasteiger partial charge on any atom is 0.179 e. The molecule has 1 aromatic heterocycles. The molecule has 2 nitrogen and oxygen atoms in total. The van der Waals surface area contributed by atoms with Crippen molar-refractivity contribution in [1.82, 2.24) is 4.57 Å². The normalized spacial score (nSPS) is 15.7. The van der Waals surface area contributed by atoms with Crippen molar-refractivity contribution in [3.8, 4) is 0 Å². The number of carbonyl (C=O) groups is 1. The van der Waals surface area contributed by atoms with Gasteiger partial charge in [-0.2, -0.15) is 0 Å². The van der Waals surface area contributed by atoms with Gasteiger partial charge in [-0.05, 0) is 25.0 Å². The first kappa shape index (κ1) is 8.72. The number of hydrogen-bond donors (Lipinski definition) is 0. The van der Waals surface area contributed by atoms with Gasteiger partial charge in [-0.1, -0.05) is 18.2 Å². The van der Waals surface area contributed by atoms with Gasteiger partial charge in [-0.3, -0.25) is 4.79 Å². The lowest BCUT2D eigenvalue weighted by Gasteiger charge is -2.15. The molecule has 0 saturated heterocycles. The van der Waals surface area contributed by atoms with Crippen LogP contribution in [0.4, 0.5) is 0 Å². The number of rotatable bonds is 0. The molecule has 0 saturated carbocycles. The minimum Gasteiger partial charge on any atom is -0.338 e. The number of benzene rings is 1. The summed E-state index contributed by atoms with van der Waals surface area (Å²) in [7, 11) is 0. The number of para-hydroxylation sites is 1. The van der Waals surface area contributed by atoms with Gasteiger partial charge < -0.3 is 4.57 Å². The maximum atomic E-state index is 11.9. The van der Waals surface area contributed by atoms with Crippen LogP contribution in [-0.4, -0.2) is 10.4 Å². The second kappa shape index (κ2) is 2.96. The molecule has 76 valence electrons. The Bertz CT molecular complexity index is 551. The van der Waals surface area contributed by atoms with E-state index >= 15 is 0 Å². The summed E-state index contributed by atoms with van der Waals surface area (Å²) in [6.45, 7) is 3.03. The molecule has 0 atom stereocenters. The molecular weight excluding hydrogens is 186 g/mol. The van der Waals surface area contributed by atoms with Crippen LogP contribution in [-0.2, 0) is 6.54 Å². The molecule has 1 aromatic carbocycles. The first-order valence-electron chi connectivity index (χ1n) is 5.40. The quantitative estimate of drug-likeness (QED) is 0.639. The number of carbonyl (C=O) groups excluding carboxylic acids is 1. The standard InChI is InChI=1S/C13H13NO/c1-9-10-5-2-3-6-11(10)14-8-4-7-12(15)13(9)14/h2-3,5-6H,4,7-8H2,1H3. The van der Waals surface area contributed by atoms with Crippen LogP contribution in [0.15, 0.2) is 24.3 Å². The highest BCUT2D eigenvalue weighted by atomic mass is 16.1. The molecule has 0 fully saturated rings. The largest absolute Gasteiger partial charge is 0.338 e. The van der Waals surface area contributed by atoms with Gasteiger partial charge in [0.2, 0.25) is 0 Å². The Morgan fingerprint density at radius 1 is 1.27 bits per heavy atom. The van der Waals surface area contributed by atoms with Crippen LogP contribution in [0.2, 0.25) is 0 Å². The predicted octanol–water partition coefficient (Wildman–Crippen LogP) is 2.93. The van der Waals surface area contributed by atoms with E-state index in [4.69, 9.17) is 0 Å². The van der Waals surface area contributed by atoms with Crippen LogP contribution in [0.1, 0.15) is 28.9 Å². The molecule has 2 aromatic rings. The van der Waals surface area contributed by atoms with Crippen molar-refractivity contribution < 1.29 is 4.79 Å². The molecule has 0 bridgehead atoms. The third kappa shape index (κ3) is 1.08. The Kier molecular flexibility index (Phi) is 1.72. The van der Waals surface area contributed by atoms with Crippen LogP contribution >= 0.6 is 0 Å². The summed E-state index contributed by atoms with van der Waals surface area (Å²) in [6.07, 6.45) is 1.68. The Labute approximate surface area is 88.5 Å². The number of hydrogen-bond acceptors (Lipinski definition) is 1. The lowest BCUT2D eigenvalue weighted by atomic mass is 10.1. The lowest BCUT2D eigenvalue weighted by molar-refractivity contribution is 0.0955. The minimum absolute atomic E-state index is 0.301. The van der Waals surface area contributed by atoms with Gasteiger partial charge in [0.1, 0.15) is 0 Å². The Morgan fingerprint density at radius 2 is 2.07 bits per heavy atom. The van der Waals surface area contributed by atoms with E-state index in [1.807, 2.05) is 12.1 Å². The van der Waals surface area contributed by atoms with Crippen LogP contribution < -0.4 is 0 Å². The summed E-state index contributed by atoms with van der Waals surface area (Å²) in [5, 5.41) is 1.22. The molecule has 0 spiro atoms. The summed E-state index contributed by atoms with van der Waals surface area (Å²) < 4.78 is 2.18. The Balaban J connectivity index is 2.45. The molecule has 0 aliphatic carbocycles. The highest BCUT2D eigenvalue weighted by Gasteiger charge is 2.22. The molecule has 15 heavy (non-hydrogen) atoms. The third-order valence-electron chi connectivity index (χ3n) is 3.27. The van der Waals surface area contributed by atoms with Crippen molar-refractivity contribution in [3.05, 3.63) is 35.5 Å². The molecule has 2 heteroatoms. The van der Waals surface area contributed by atoms with Crippen molar-refractivity contribution in [2.45, 2.75) is 26.3 Å². The summed E-state index contributed by atoms with van der Waals surface area (Å²) in [5.41, 5.74) is 3.29. The van der Waals surface area contributed by atoms with Gasteiger partial charge in [-0.25, -0.2) is 0 Å². The predicted molar refractivity (Wildman–Crippen MR) is 60.2 cm³/mol. The Morgan fingerprint density at radius 3 is 2.93 bits per heavy atom. The molecular formula is C13H13NO. The van der Waals surface area contributed by atoms with Gasteiger partial charge in [0.05, 0.1) is 5.69 Å². The van der Waals surface area contributed by atoms with E-state index < -0.39 is 0 Å². The molecule has 0 N–H and O–H groups in total. The van der Waals surface area contributed by atoms with Gasteiger partial charge in [0.25, 0.3) is 0 Å². The summed E-state index contributed by atoms with van der Waals surface area (Å²) in [4.78, 5) is 11.9. The maximum absolute atomic E-state index is 11.9. The molecule has 0 radical (unpaired) electrons. The topological polar surface area (TPSA) is 22.0 Å². The van der Waals surface area contributed by atoms with E-state index in [0.717, 1.165) is 24.2 Å². The van der Waals surface area contributed by atoms with Crippen LogP contribution in [0.25, 0.3) is 10.9 Å². The number of Topliss-reactive ketones (excluding diaryl/α,β-unsaturated/α-hetero) is 1. The molecule has 2 heterocycles. The zero-order chi connectivity index (χ0) is 10.4. The fraction of sp³-hybridized carbons (Fsp3) is 0.308. The second-order valence-electron chi connectivity index (χ2n) is 4.17. The van der Waals surface area contributed by atoms with Gasteiger partial charge in [-0.15, -0.1) is 0 Å². The zero-order valence-electron chi connectivity index (χ0n) is 8.79. The van der Waals surface area contributed by atoms with E-state index in [9.17, 15) is 4.79 Å². The van der Waals surface area contributed by atoms with Crippen molar-refractivity contribution in [2.24, 2.45) is 0 Å². The highest BCUT2D eigenvalue weighted by Crippen LogP contribution is 2.29. The van der Waals surface area contributed by atoms with Crippen LogP contribution in [0.3, 0.4) is 0 Å². The van der Waals surface area contributed by atoms with Gasteiger partial charge >= 0.3 is 0 Å². The zero-order valence-corrected chi connectivity index (χ0v) is 8.79. The number of ketones is 1.